The summed E-state index contributed by atoms with van der Waals surface area (Å²) in [6.07, 6.45) is 1.53. The number of ether oxygens (including phenoxy) is 4. The molecule has 1 heterocycles. The Morgan fingerprint density at radius 3 is 2.32 bits per heavy atom. The standard InChI is InChI=1S/C22H30BrNO7/c1-3-28-19(25)12-11-18(21(27)29-4-2)24-20(26)16-8-5-15(6-9-16)7-10-17(23)22-30-13-14-31-22/h5-6,8-9,17-18,22H,3-4,7,10-14H2,1-2H3,(H,24,26)/t17?,18-/m0/s1. The Bertz CT molecular complexity index is 719. The zero-order valence-electron chi connectivity index (χ0n) is 17.9. The molecule has 1 amide bonds. The second-order valence-electron chi connectivity index (χ2n) is 6.98. The van der Waals surface area contributed by atoms with E-state index in [0.717, 1.165) is 18.4 Å². The number of hydrogen-bond donors (Lipinski definition) is 1. The van der Waals surface area contributed by atoms with E-state index >= 15 is 0 Å². The number of esters is 2. The smallest absolute Gasteiger partial charge is 0.328 e. The zero-order chi connectivity index (χ0) is 22.6. The lowest BCUT2D eigenvalue weighted by Gasteiger charge is -2.17. The molecule has 0 saturated carbocycles. The Morgan fingerprint density at radius 1 is 1.06 bits per heavy atom. The van der Waals surface area contributed by atoms with Crippen molar-refractivity contribution >= 4 is 33.8 Å². The monoisotopic (exact) mass is 499 g/mol. The van der Waals surface area contributed by atoms with Gasteiger partial charge in [0.1, 0.15) is 6.04 Å². The predicted octanol–water partition coefficient (Wildman–Crippen LogP) is 2.76. The van der Waals surface area contributed by atoms with Crippen LogP contribution in [0.1, 0.15) is 49.0 Å². The molecule has 1 aliphatic heterocycles. The summed E-state index contributed by atoms with van der Waals surface area (Å²) in [5.41, 5.74) is 1.50. The molecule has 9 heteroatoms. The number of alkyl halides is 1. The fourth-order valence-electron chi connectivity index (χ4n) is 3.08. The Hall–Kier alpha value is -1.97. The fourth-order valence-corrected chi connectivity index (χ4v) is 3.61. The first-order valence-corrected chi connectivity index (χ1v) is 11.5. The highest BCUT2D eigenvalue weighted by Gasteiger charge is 2.25. The second kappa shape index (κ2) is 13.4. The van der Waals surface area contributed by atoms with E-state index in [2.05, 4.69) is 21.2 Å². The van der Waals surface area contributed by atoms with Gasteiger partial charge in [-0.1, -0.05) is 28.1 Å². The summed E-state index contributed by atoms with van der Waals surface area (Å²) >= 11 is 3.60. The highest BCUT2D eigenvalue weighted by molar-refractivity contribution is 9.09. The van der Waals surface area contributed by atoms with E-state index in [4.69, 9.17) is 18.9 Å². The summed E-state index contributed by atoms with van der Waals surface area (Å²) in [6.45, 7) is 5.07. The molecule has 2 rings (SSSR count). The number of amides is 1. The van der Waals surface area contributed by atoms with E-state index < -0.39 is 23.9 Å². The van der Waals surface area contributed by atoms with Crippen molar-refractivity contribution in [2.24, 2.45) is 0 Å². The van der Waals surface area contributed by atoms with Crippen molar-refractivity contribution in [3.63, 3.8) is 0 Å². The Kier molecular flexibility index (Phi) is 11.0. The van der Waals surface area contributed by atoms with Gasteiger partial charge >= 0.3 is 11.9 Å². The van der Waals surface area contributed by atoms with E-state index in [1.165, 1.54) is 0 Å². The molecule has 0 bridgehead atoms. The molecule has 1 aromatic rings. The van der Waals surface area contributed by atoms with E-state index in [9.17, 15) is 14.4 Å². The van der Waals surface area contributed by atoms with Gasteiger partial charge in [-0.2, -0.15) is 0 Å². The lowest BCUT2D eigenvalue weighted by atomic mass is 10.0. The number of hydrogen-bond acceptors (Lipinski definition) is 7. The van der Waals surface area contributed by atoms with Crippen LogP contribution in [0.15, 0.2) is 24.3 Å². The summed E-state index contributed by atoms with van der Waals surface area (Å²) in [7, 11) is 0. The average molecular weight is 500 g/mol. The largest absolute Gasteiger partial charge is 0.466 e. The molecule has 172 valence electrons. The molecule has 0 spiro atoms. The highest BCUT2D eigenvalue weighted by Crippen LogP contribution is 2.21. The quantitative estimate of drug-likeness (QED) is 0.348. The van der Waals surface area contributed by atoms with Gasteiger partial charge in [-0.05, 0) is 50.8 Å². The third-order valence-corrected chi connectivity index (χ3v) is 5.58. The van der Waals surface area contributed by atoms with Crippen molar-refractivity contribution in [3.8, 4) is 0 Å². The fraction of sp³-hybridized carbons (Fsp3) is 0.591. The van der Waals surface area contributed by atoms with Crippen molar-refractivity contribution in [1.82, 2.24) is 5.32 Å². The molecule has 8 nitrogen and oxygen atoms in total. The number of nitrogens with one attached hydrogen (secondary N) is 1. The number of rotatable bonds is 12. The van der Waals surface area contributed by atoms with Crippen LogP contribution in [-0.2, 0) is 35.0 Å². The van der Waals surface area contributed by atoms with Crippen LogP contribution in [0.4, 0.5) is 0 Å². The van der Waals surface area contributed by atoms with Gasteiger partial charge in [0.25, 0.3) is 5.91 Å². The maximum Gasteiger partial charge on any atom is 0.328 e. The molecule has 1 unspecified atom stereocenters. The van der Waals surface area contributed by atoms with Crippen LogP contribution in [0.2, 0.25) is 0 Å². The van der Waals surface area contributed by atoms with E-state index in [1.54, 1.807) is 26.0 Å². The van der Waals surface area contributed by atoms with Gasteiger partial charge in [0, 0.05) is 12.0 Å². The van der Waals surface area contributed by atoms with Crippen LogP contribution < -0.4 is 5.32 Å². The van der Waals surface area contributed by atoms with Crippen LogP contribution in [0.5, 0.6) is 0 Å². The second-order valence-corrected chi connectivity index (χ2v) is 8.16. The SMILES string of the molecule is CCOC(=O)CC[C@H](NC(=O)c1ccc(CCC(Br)C2OCCO2)cc1)C(=O)OCC. The van der Waals surface area contributed by atoms with Crippen LogP contribution in [-0.4, -0.2) is 61.4 Å². The third kappa shape index (κ3) is 8.59. The van der Waals surface area contributed by atoms with Crippen LogP contribution in [0.25, 0.3) is 0 Å². The van der Waals surface area contributed by atoms with Gasteiger partial charge in [0.05, 0.1) is 31.3 Å². The average Bonchev–Trinajstić information content (AvgIpc) is 3.30. The molecule has 1 aromatic carbocycles. The van der Waals surface area contributed by atoms with Crippen molar-refractivity contribution in [2.75, 3.05) is 26.4 Å². The van der Waals surface area contributed by atoms with E-state index in [1.807, 2.05) is 12.1 Å². The summed E-state index contributed by atoms with van der Waals surface area (Å²) in [5.74, 6) is -1.40. The van der Waals surface area contributed by atoms with Gasteiger partial charge in [0.15, 0.2) is 6.29 Å². The topological polar surface area (TPSA) is 100 Å². The molecule has 31 heavy (non-hydrogen) atoms. The minimum absolute atomic E-state index is 0.0126. The molecule has 1 fully saturated rings. The van der Waals surface area contributed by atoms with E-state index in [-0.39, 0.29) is 37.2 Å². The normalized spacial score (nSPS) is 15.8. The molecule has 0 aromatic heterocycles. The first kappa shape index (κ1) is 25.3. The van der Waals surface area contributed by atoms with Gasteiger partial charge in [-0.15, -0.1) is 0 Å². The van der Waals surface area contributed by atoms with Crippen molar-refractivity contribution in [1.29, 1.82) is 0 Å². The third-order valence-electron chi connectivity index (χ3n) is 4.69. The number of carbonyl (C=O) groups excluding carboxylic acids is 3. The highest BCUT2D eigenvalue weighted by atomic mass is 79.9. The molecule has 0 aliphatic carbocycles. The molecule has 1 aliphatic rings. The summed E-state index contributed by atoms with van der Waals surface area (Å²) in [5, 5.41) is 2.66. The molecular formula is C22H30BrNO7. The molecular weight excluding hydrogens is 470 g/mol. The lowest BCUT2D eigenvalue weighted by molar-refractivity contribution is -0.146. The number of halogens is 1. The summed E-state index contributed by atoms with van der Waals surface area (Å²) in [4.78, 5) is 36.5. The molecule has 1 saturated heterocycles. The molecule has 2 atom stereocenters. The zero-order valence-corrected chi connectivity index (χ0v) is 19.5. The first-order chi connectivity index (χ1) is 14.9. The van der Waals surface area contributed by atoms with Crippen molar-refractivity contribution in [3.05, 3.63) is 35.4 Å². The number of benzene rings is 1. The van der Waals surface area contributed by atoms with Gasteiger partial charge in [-0.3, -0.25) is 9.59 Å². The van der Waals surface area contributed by atoms with Gasteiger partial charge in [-0.25, -0.2) is 4.79 Å². The predicted molar refractivity (Wildman–Crippen MR) is 117 cm³/mol. The minimum atomic E-state index is -0.919. The Labute approximate surface area is 191 Å². The van der Waals surface area contributed by atoms with E-state index in [0.29, 0.717) is 18.8 Å². The Morgan fingerprint density at radius 2 is 1.71 bits per heavy atom. The number of aryl methyl sites for hydroxylation is 1. The van der Waals surface area contributed by atoms with Crippen LogP contribution in [0, 0.1) is 0 Å². The molecule has 0 radical (unpaired) electrons. The minimum Gasteiger partial charge on any atom is -0.466 e. The summed E-state index contributed by atoms with van der Waals surface area (Å²) < 4.78 is 20.9. The van der Waals surface area contributed by atoms with Crippen LogP contribution >= 0.6 is 15.9 Å². The summed E-state index contributed by atoms with van der Waals surface area (Å²) in [6, 6.07) is 6.26. The lowest BCUT2D eigenvalue weighted by Crippen LogP contribution is -2.42. The number of carbonyl (C=O) groups is 3. The molecule has 1 N–H and O–H groups in total. The van der Waals surface area contributed by atoms with Gasteiger partial charge in [0.2, 0.25) is 0 Å². The van der Waals surface area contributed by atoms with Gasteiger partial charge < -0.3 is 24.3 Å². The van der Waals surface area contributed by atoms with Crippen molar-refractivity contribution < 1.29 is 33.3 Å². The maximum atomic E-state index is 12.6. The maximum absolute atomic E-state index is 12.6. The van der Waals surface area contributed by atoms with Crippen molar-refractivity contribution in [2.45, 2.75) is 56.7 Å². The first-order valence-electron chi connectivity index (χ1n) is 10.5. The van der Waals surface area contributed by atoms with Crippen LogP contribution in [0.3, 0.4) is 0 Å². The Balaban J connectivity index is 1.89.